The van der Waals surface area contributed by atoms with Crippen LogP contribution in [0.25, 0.3) is 0 Å². The fraction of sp³-hybridized carbons (Fsp3) is 0.636. The monoisotopic (exact) mass is 273 g/mol. The number of hydrogen-bond acceptors (Lipinski definition) is 2. The lowest BCUT2D eigenvalue weighted by Crippen LogP contribution is -2.19. The van der Waals surface area contributed by atoms with Gasteiger partial charge in [0.15, 0.2) is 0 Å². The van der Waals surface area contributed by atoms with E-state index in [0.29, 0.717) is 0 Å². The molecule has 1 aromatic heterocycles. The second-order valence-electron chi connectivity index (χ2n) is 3.95. The van der Waals surface area contributed by atoms with Crippen LogP contribution in [-0.2, 0) is 6.54 Å². The summed E-state index contributed by atoms with van der Waals surface area (Å²) in [6, 6.07) is 4.38. The van der Waals surface area contributed by atoms with Gasteiger partial charge in [0.25, 0.3) is 0 Å². The van der Waals surface area contributed by atoms with Gasteiger partial charge in [-0.1, -0.05) is 22.0 Å². The summed E-state index contributed by atoms with van der Waals surface area (Å²) in [5, 5.41) is 3.33. The van der Waals surface area contributed by atoms with Crippen LogP contribution in [0.1, 0.15) is 17.7 Å². The molecule has 14 heavy (non-hydrogen) atoms. The van der Waals surface area contributed by atoms with Gasteiger partial charge in [0.1, 0.15) is 0 Å². The topological polar surface area (TPSA) is 3.24 Å². The van der Waals surface area contributed by atoms with E-state index in [2.05, 4.69) is 38.3 Å². The Morgan fingerprint density at radius 2 is 2.50 bits per heavy atom. The molecule has 1 nitrogen and oxygen atoms in total. The molecule has 1 aliphatic heterocycles. The normalized spacial score (nSPS) is 23.1. The molecule has 2 heterocycles. The molecule has 0 aromatic carbocycles. The first-order valence-corrected chi connectivity index (χ1v) is 7.19. The van der Waals surface area contributed by atoms with Crippen molar-refractivity contribution < 1.29 is 0 Å². The highest BCUT2D eigenvalue weighted by atomic mass is 79.9. The molecular weight excluding hydrogens is 258 g/mol. The number of alkyl halides is 1. The summed E-state index contributed by atoms with van der Waals surface area (Å²) in [5.41, 5.74) is 0. The van der Waals surface area contributed by atoms with E-state index in [1.165, 1.54) is 30.8 Å². The Bertz CT molecular complexity index is 260. The molecule has 0 bridgehead atoms. The number of halogens is 1. The summed E-state index contributed by atoms with van der Waals surface area (Å²) in [5.74, 6) is 0.925. The summed E-state index contributed by atoms with van der Waals surface area (Å²) >= 11 is 5.40. The van der Waals surface area contributed by atoms with E-state index in [4.69, 9.17) is 0 Å². The maximum Gasteiger partial charge on any atom is 0.0328 e. The minimum Gasteiger partial charge on any atom is -0.298 e. The van der Waals surface area contributed by atoms with Crippen molar-refractivity contribution in [3.8, 4) is 0 Å². The van der Waals surface area contributed by atoms with E-state index < -0.39 is 0 Å². The quantitative estimate of drug-likeness (QED) is 0.761. The number of nitrogens with zero attached hydrogens (tertiary/aromatic N) is 1. The zero-order valence-corrected chi connectivity index (χ0v) is 10.7. The van der Waals surface area contributed by atoms with Crippen molar-refractivity contribution in [3.63, 3.8) is 0 Å². The van der Waals surface area contributed by atoms with E-state index in [1.807, 2.05) is 11.3 Å². The molecule has 1 fully saturated rings. The highest BCUT2D eigenvalue weighted by molar-refractivity contribution is 9.09. The molecule has 1 saturated heterocycles. The molecule has 1 atom stereocenters. The van der Waals surface area contributed by atoms with Gasteiger partial charge in [-0.05, 0) is 36.8 Å². The molecule has 0 aliphatic carbocycles. The third-order valence-electron chi connectivity index (χ3n) is 2.85. The average molecular weight is 274 g/mol. The van der Waals surface area contributed by atoms with Crippen LogP contribution in [0.2, 0.25) is 0 Å². The lowest BCUT2D eigenvalue weighted by molar-refractivity contribution is 0.318. The Hall–Kier alpha value is 0.140. The maximum absolute atomic E-state index is 3.52. The van der Waals surface area contributed by atoms with Gasteiger partial charge in [-0.25, -0.2) is 0 Å². The predicted octanol–water partition coefficient (Wildman–Crippen LogP) is 3.36. The van der Waals surface area contributed by atoms with Crippen LogP contribution in [0.15, 0.2) is 17.5 Å². The van der Waals surface area contributed by atoms with Gasteiger partial charge in [-0.3, -0.25) is 4.90 Å². The van der Waals surface area contributed by atoms with Crippen LogP contribution in [0.4, 0.5) is 0 Å². The highest BCUT2D eigenvalue weighted by Gasteiger charge is 2.21. The number of likely N-dealkylation sites (tertiary alicyclic amines) is 1. The number of hydrogen-bond donors (Lipinski definition) is 0. The summed E-state index contributed by atoms with van der Waals surface area (Å²) in [6.07, 6.45) is 2.72. The van der Waals surface area contributed by atoms with E-state index in [1.54, 1.807) is 0 Å². The molecule has 3 heteroatoms. The Labute approximate surface area is 98.2 Å². The molecule has 1 aliphatic rings. The molecule has 0 N–H and O–H groups in total. The van der Waals surface area contributed by atoms with E-state index in [0.717, 1.165) is 17.8 Å². The van der Waals surface area contributed by atoms with Crippen molar-refractivity contribution >= 4 is 27.3 Å². The lowest BCUT2D eigenvalue weighted by atomic mass is 10.1. The second-order valence-corrected chi connectivity index (χ2v) is 5.77. The molecule has 2 rings (SSSR count). The summed E-state index contributed by atoms with van der Waals surface area (Å²) in [4.78, 5) is 4.09. The summed E-state index contributed by atoms with van der Waals surface area (Å²) in [7, 11) is 0. The lowest BCUT2D eigenvalue weighted by Gasteiger charge is -2.14. The Kier molecular flexibility index (Phi) is 4.02. The van der Waals surface area contributed by atoms with Crippen molar-refractivity contribution in [3.05, 3.63) is 22.4 Å². The second kappa shape index (κ2) is 5.29. The van der Waals surface area contributed by atoms with Gasteiger partial charge in [-0.15, -0.1) is 11.3 Å². The van der Waals surface area contributed by atoms with Gasteiger partial charge in [0.05, 0.1) is 0 Å². The maximum atomic E-state index is 3.52. The van der Waals surface area contributed by atoms with Crippen molar-refractivity contribution in [1.82, 2.24) is 4.90 Å². The Morgan fingerprint density at radius 3 is 3.21 bits per heavy atom. The van der Waals surface area contributed by atoms with Gasteiger partial charge in [0, 0.05) is 23.3 Å². The highest BCUT2D eigenvalue weighted by Crippen LogP contribution is 2.23. The first kappa shape index (κ1) is 10.7. The number of rotatable bonds is 4. The minimum atomic E-state index is 0.925. The van der Waals surface area contributed by atoms with E-state index >= 15 is 0 Å². The average Bonchev–Trinajstić information content (AvgIpc) is 2.79. The van der Waals surface area contributed by atoms with Gasteiger partial charge in [-0.2, -0.15) is 0 Å². The van der Waals surface area contributed by atoms with Crippen molar-refractivity contribution in [1.29, 1.82) is 0 Å². The van der Waals surface area contributed by atoms with Crippen LogP contribution in [-0.4, -0.2) is 23.3 Å². The first-order chi connectivity index (χ1) is 6.88. The first-order valence-electron chi connectivity index (χ1n) is 5.19. The van der Waals surface area contributed by atoms with Crippen LogP contribution in [0, 0.1) is 5.92 Å². The van der Waals surface area contributed by atoms with Gasteiger partial charge in [0.2, 0.25) is 0 Å². The third kappa shape index (κ3) is 2.81. The molecule has 0 amide bonds. The van der Waals surface area contributed by atoms with Crippen molar-refractivity contribution in [2.75, 3.05) is 18.4 Å². The SMILES string of the molecule is BrCCC1CCN(Cc2cccs2)C1. The van der Waals surface area contributed by atoms with E-state index in [-0.39, 0.29) is 0 Å². The van der Waals surface area contributed by atoms with E-state index in [9.17, 15) is 0 Å². The molecule has 0 spiro atoms. The van der Waals surface area contributed by atoms with Crippen LogP contribution in [0.5, 0.6) is 0 Å². The minimum absolute atomic E-state index is 0.925. The number of thiophene rings is 1. The molecule has 1 unspecified atom stereocenters. The largest absolute Gasteiger partial charge is 0.298 e. The van der Waals surface area contributed by atoms with Crippen molar-refractivity contribution in [2.45, 2.75) is 19.4 Å². The third-order valence-corrected chi connectivity index (χ3v) is 4.17. The fourth-order valence-electron chi connectivity index (χ4n) is 2.07. The van der Waals surface area contributed by atoms with Gasteiger partial charge >= 0.3 is 0 Å². The van der Waals surface area contributed by atoms with Gasteiger partial charge < -0.3 is 0 Å². The van der Waals surface area contributed by atoms with Crippen LogP contribution in [0.3, 0.4) is 0 Å². The zero-order chi connectivity index (χ0) is 9.80. The van der Waals surface area contributed by atoms with Crippen molar-refractivity contribution in [2.24, 2.45) is 5.92 Å². The summed E-state index contributed by atoms with van der Waals surface area (Å²) < 4.78 is 0. The fourth-order valence-corrected chi connectivity index (χ4v) is 3.46. The Balaban J connectivity index is 1.79. The smallest absolute Gasteiger partial charge is 0.0328 e. The predicted molar refractivity (Wildman–Crippen MR) is 66.1 cm³/mol. The molecule has 0 saturated carbocycles. The standard InChI is InChI=1S/C11H16BrNS/c12-5-3-10-4-6-13(8-10)9-11-2-1-7-14-11/h1-2,7,10H,3-6,8-9H2. The summed E-state index contributed by atoms with van der Waals surface area (Å²) in [6.45, 7) is 3.75. The Morgan fingerprint density at radius 1 is 1.57 bits per heavy atom. The molecule has 1 aromatic rings. The molecular formula is C11H16BrNS. The molecule has 78 valence electrons. The van der Waals surface area contributed by atoms with Crippen LogP contribution >= 0.6 is 27.3 Å². The molecule has 0 radical (unpaired) electrons. The zero-order valence-electron chi connectivity index (χ0n) is 8.29. The van der Waals surface area contributed by atoms with Crippen LogP contribution < -0.4 is 0 Å².